The van der Waals surface area contributed by atoms with Crippen LogP contribution in [-0.4, -0.2) is 37.1 Å². The maximum absolute atomic E-state index is 13.1. The molecule has 6 rings (SSSR count). The average molecular weight is 1770 g/mol. The van der Waals surface area contributed by atoms with Crippen LogP contribution in [0.1, 0.15) is 536 Å². The van der Waals surface area contributed by atoms with Gasteiger partial charge in [-0.3, -0.25) is 5.04 Å². The molecule has 1 aliphatic heterocycles. The van der Waals surface area contributed by atoms with E-state index >= 15 is 0 Å². The van der Waals surface area contributed by atoms with Gasteiger partial charge in [-0.15, -0.1) is 0 Å². The molecule has 12 heteroatoms. The first kappa shape index (κ1) is 111. The topological polar surface area (TPSA) is 152 Å². The number of carboxylic acids is 1. The maximum atomic E-state index is 13.1. The van der Waals surface area contributed by atoms with Crippen LogP contribution in [-0.2, 0) is 25.9 Å². The third-order valence-electron chi connectivity index (χ3n) is 27.2. The minimum Gasteiger partial charge on any atom is -0.744 e. The minimum absolute atomic E-state index is 0.239. The predicted molar refractivity (Wildman–Crippen MR) is 537 cm³/mol. The third-order valence-corrected chi connectivity index (χ3v) is 28.8. The number of aryl methyl sites for hydroxylation is 2. The standard InChI is InChI=1S/C93H159NO3.C20H28O6S2/c1-5-9-13-17-21-25-29-33-37-41-45-49-53-57-61-65-71-83(72-66-62-58-54-50-46-42-38-34-30-26-22-18-14-10-6-2)84-75-77-88-90(81-84)97-91-82-85(76-78-89(91)92(88)86-73-67-68-74-87(86)93(95)96)94(79-69-63-59-55-51-47-43-39-35-31-27-23-19-15-11-7-3)80-70-64-60-56-52-48-44-40-36-32-28-24-20-16-12-8-4;1-3-4-5-6-7-8-9-10-16-12-17-11-15(2)20(28(22,23)24)14-18(17)13-19(16)27-26-25-21/h67-68,73-78,81-83H,5-66,69-72,79-80H2,1-4H3;11-14,21H,3-10H2,1-2H3,(H,22,23,24)/p-1. The van der Waals surface area contributed by atoms with Crippen molar-refractivity contribution in [2.24, 2.45) is 0 Å². The van der Waals surface area contributed by atoms with Crippen molar-refractivity contribution >= 4 is 49.9 Å². The molecule has 0 spiro atoms. The highest BCUT2D eigenvalue weighted by molar-refractivity contribution is 7.94. The number of unbranched alkanes of at least 4 members (excludes halogenated alkanes) is 66. The van der Waals surface area contributed by atoms with Gasteiger partial charge in [0.25, 0.3) is 0 Å². The van der Waals surface area contributed by atoms with Gasteiger partial charge in [0, 0.05) is 40.3 Å². The quantitative estimate of drug-likeness (QED) is 0.00743. The number of benzene rings is 5. The van der Waals surface area contributed by atoms with Crippen molar-refractivity contribution in [3.8, 4) is 22.5 Å². The fraction of sp³-hybridized carbons (Fsp3) is 0.735. The van der Waals surface area contributed by atoms with Crippen molar-refractivity contribution in [3.63, 3.8) is 0 Å². The van der Waals surface area contributed by atoms with E-state index in [1.807, 2.05) is 24.3 Å². The highest BCUT2D eigenvalue weighted by atomic mass is 32.2. The molecule has 1 heterocycles. The van der Waals surface area contributed by atoms with Crippen molar-refractivity contribution in [1.82, 2.24) is 4.58 Å². The van der Waals surface area contributed by atoms with E-state index in [2.05, 4.69) is 85.0 Å². The highest BCUT2D eigenvalue weighted by Crippen LogP contribution is 2.43. The van der Waals surface area contributed by atoms with Gasteiger partial charge >= 0.3 is 5.97 Å². The van der Waals surface area contributed by atoms with E-state index in [1.165, 1.54) is 473 Å². The van der Waals surface area contributed by atoms with Crippen LogP contribution in [0, 0.1) is 6.92 Å². The van der Waals surface area contributed by atoms with Gasteiger partial charge in [-0.1, -0.05) is 495 Å². The lowest BCUT2D eigenvalue weighted by Gasteiger charge is -2.20. The molecule has 4 aromatic rings. The zero-order valence-electron chi connectivity index (χ0n) is 81.4. The number of rotatable bonds is 83. The molecule has 0 radical (unpaired) electrons. The van der Waals surface area contributed by atoms with E-state index in [-0.39, 0.29) is 4.90 Å². The van der Waals surface area contributed by atoms with Crippen LogP contribution in [0.2, 0.25) is 0 Å². The Morgan fingerprint density at radius 1 is 0.400 bits per heavy atom. The summed E-state index contributed by atoms with van der Waals surface area (Å²) >= 11 is 0.792. The summed E-state index contributed by atoms with van der Waals surface area (Å²) in [5.74, 6) is 0.477. The second-order valence-electron chi connectivity index (χ2n) is 38.2. The lowest BCUT2D eigenvalue weighted by Crippen LogP contribution is -2.32. The normalized spacial score (nSPS) is 11.8. The summed E-state index contributed by atoms with van der Waals surface area (Å²) in [6.45, 7) is 15.2. The molecule has 0 bridgehead atoms. The second kappa shape index (κ2) is 75.0. The van der Waals surface area contributed by atoms with E-state index in [0.29, 0.717) is 27.3 Å². The van der Waals surface area contributed by atoms with E-state index in [1.54, 1.807) is 25.1 Å². The van der Waals surface area contributed by atoms with Crippen molar-refractivity contribution in [3.05, 3.63) is 113 Å². The van der Waals surface area contributed by atoms with Crippen molar-refractivity contribution in [2.45, 2.75) is 532 Å². The maximum Gasteiger partial charge on any atom is 0.336 e. The molecule has 0 saturated heterocycles. The lowest BCUT2D eigenvalue weighted by atomic mass is 9.86. The van der Waals surface area contributed by atoms with Crippen molar-refractivity contribution in [1.29, 1.82) is 0 Å². The summed E-state index contributed by atoms with van der Waals surface area (Å²) in [5.41, 5.74) is 6.83. The summed E-state index contributed by atoms with van der Waals surface area (Å²) in [5, 5.41) is 28.1. The molecule has 0 unspecified atom stereocenters. The number of carboxylic acid groups (broad SMARTS) is 1. The summed E-state index contributed by atoms with van der Waals surface area (Å²) in [6.07, 6.45) is 101. The van der Waals surface area contributed by atoms with Gasteiger partial charge in [0.15, 0.2) is 0 Å². The van der Waals surface area contributed by atoms with E-state index < -0.39 is 16.1 Å². The van der Waals surface area contributed by atoms with E-state index in [9.17, 15) is 28.1 Å². The van der Waals surface area contributed by atoms with Gasteiger partial charge in [-0.2, -0.15) is 4.33 Å². The van der Waals surface area contributed by atoms with Gasteiger partial charge in [-0.25, -0.2) is 17.8 Å². The Kier molecular flexibility index (Phi) is 66.6. The van der Waals surface area contributed by atoms with Gasteiger partial charge in [0.2, 0.25) is 5.36 Å². The molecule has 0 saturated carbocycles. The molecule has 4 aromatic carbocycles. The number of nitrogens with zero attached hydrogens (tertiary/aromatic N) is 1. The summed E-state index contributed by atoms with van der Waals surface area (Å²) in [6, 6.07) is 28.5. The Morgan fingerprint density at radius 2 is 0.752 bits per heavy atom. The van der Waals surface area contributed by atoms with Crippen molar-refractivity contribution in [2.75, 3.05) is 13.1 Å². The van der Waals surface area contributed by atoms with Crippen molar-refractivity contribution < 1.29 is 41.9 Å². The molecular weight excluding hydrogens is 1580 g/mol. The number of hydrogen-bond donors (Lipinski definition) is 1. The Bertz CT molecular complexity index is 3690. The molecule has 10 nitrogen and oxygen atoms in total. The third kappa shape index (κ3) is 51.2. The van der Waals surface area contributed by atoms with Gasteiger partial charge in [0.05, 0.1) is 28.6 Å². The Hall–Kier alpha value is -4.56. The monoisotopic (exact) mass is 1770 g/mol. The van der Waals surface area contributed by atoms with E-state index in [4.69, 9.17) is 4.42 Å². The second-order valence-corrected chi connectivity index (χ2v) is 40.3. The van der Waals surface area contributed by atoms with E-state index in [0.717, 1.165) is 88.8 Å². The molecule has 0 fully saturated rings. The number of hydrogen-bond acceptors (Lipinski definition) is 9. The molecule has 0 atom stereocenters. The number of carbonyl (C=O) groups is 1. The van der Waals surface area contributed by atoms with Crippen LogP contribution >= 0.6 is 12.0 Å². The van der Waals surface area contributed by atoms with Crippen LogP contribution in [0.3, 0.4) is 0 Å². The number of fused-ring (bicyclic) bond motifs is 3. The Labute approximate surface area is 771 Å². The zero-order valence-corrected chi connectivity index (χ0v) is 83.0. The first-order valence-corrected chi connectivity index (χ1v) is 55.6. The van der Waals surface area contributed by atoms with Crippen LogP contribution in [0.4, 0.5) is 0 Å². The Morgan fingerprint density at radius 3 is 1.12 bits per heavy atom. The minimum atomic E-state index is -4.55. The molecule has 1 N–H and O–H groups in total. The molecule has 710 valence electrons. The van der Waals surface area contributed by atoms with Gasteiger partial charge < -0.3 is 19.3 Å². The average Bonchev–Trinajstić information content (AvgIpc) is 0.745. The molecule has 1 aliphatic carbocycles. The smallest absolute Gasteiger partial charge is 0.336 e. The summed E-state index contributed by atoms with van der Waals surface area (Å²) < 4.78 is 48.7. The lowest BCUT2D eigenvalue weighted by molar-refractivity contribution is -0.777. The molecular formula is C113H186NO9S2-. The van der Waals surface area contributed by atoms with Gasteiger partial charge in [0.1, 0.15) is 34.6 Å². The molecule has 0 amide bonds. The first-order chi connectivity index (χ1) is 61.4. The van der Waals surface area contributed by atoms with Crippen LogP contribution < -0.4 is 15.2 Å². The predicted octanol–water partition coefficient (Wildman–Crippen LogP) is 36.2. The number of aromatic carboxylic acids is 1. The molecule has 2 aliphatic rings. The van der Waals surface area contributed by atoms with Gasteiger partial charge in [-0.05, 0) is 121 Å². The molecule has 125 heavy (non-hydrogen) atoms. The largest absolute Gasteiger partial charge is 0.744 e. The first-order valence-electron chi connectivity index (χ1n) is 53.5. The Balaban J connectivity index is 0.000000832. The van der Waals surface area contributed by atoms with Crippen LogP contribution in [0.5, 0.6) is 0 Å². The zero-order chi connectivity index (χ0) is 89.4. The fourth-order valence-electron chi connectivity index (χ4n) is 19.3. The summed E-state index contributed by atoms with van der Waals surface area (Å²) in [7, 11) is -4.55. The SMILES string of the molecule is CCCCCCCCCCCCCCCCCCC(CCCCCCCCCCCCCCCCCC)c1ccc2c(-c3ccccc3C(=O)O)c3ccc(=[N+](CCCCCCCCCCCCCCCCCC)CCCCCCCCCCCCCCCCCC)cc-3oc2c1.CCCCCCCCCc1cc2cc(C)c(S(=O)(=O)[O-])cc2cc1SOO[O-]. The van der Waals surface area contributed by atoms with Crippen LogP contribution in [0.15, 0.2) is 99.1 Å². The summed E-state index contributed by atoms with van der Waals surface area (Å²) in [4.78, 5) is 13.5. The molecule has 0 aromatic heterocycles. The fourth-order valence-corrected chi connectivity index (χ4v) is 20.6. The highest BCUT2D eigenvalue weighted by Gasteiger charge is 2.25. The van der Waals surface area contributed by atoms with Crippen LogP contribution in [0.25, 0.3) is 44.2 Å².